The Morgan fingerprint density at radius 1 is 1.22 bits per heavy atom. The number of aromatic amines is 1. The predicted molar refractivity (Wildman–Crippen MR) is 90.0 cm³/mol. The molecule has 5 nitrogen and oxygen atoms in total. The van der Waals surface area contributed by atoms with Crippen LogP contribution in [-0.2, 0) is 11.3 Å². The fourth-order valence-electron chi connectivity index (χ4n) is 2.21. The summed E-state index contributed by atoms with van der Waals surface area (Å²) in [6.45, 7) is 0.362. The Bertz CT molecular complexity index is 802. The number of ether oxygens (including phenoxy) is 1. The number of imidazole rings is 1. The van der Waals surface area contributed by atoms with Crippen LogP contribution in [0.15, 0.2) is 54.6 Å². The van der Waals surface area contributed by atoms with E-state index in [1.165, 1.54) is 6.08 Å². The highest BCUT2D eigenvalue weighted by Crippen LogP contribution is 2.12. The van der Waals surface area contributed by atoms with Crippen LogP contribution in [0.25, 0.3) is 17.1 Å². The summed E-state index contributed by atoms with van der Waals surface area (Å²) in [4.78, 5) is 19.5. The maximum atomic E-state index is 11.9. The third-order valence-corrected chi connectivity index (χ3v) is 3.41. The summed E-state index contributed by atoms with van der Waals surface area (Å²) in [6.07, 6.45) is 3.26. The van der Waals surface area contributed by atoms with Crippen molar-refractivity contribution < 1.29 is 9.53 Å². The molecule has 0 radical (unpaired) electrons. The second kappa shape index (κ2) is 6.79. The first-order valence-electron chi connectivity index (χ1n) is 7.28. The van der Waals surface area contributed by atoms with E-state index in [9.17, 15) is 4.79 Å². The lowest BCUT2D eigenvalue weighted by Gasteiger charge is -2.00. The predicted octanol–water partition coefficient (Wildman–Crippen LogP) is 2.90. The lowest BCUT2D eigenvalue weighted by Crippen LogP contribution is -2.20. The first kappa shape index (κ1) is 14.8. The molecule has 0 unspecified atom stereocenters. The van der Waals surface area contributed by atoms with Crippen LogP contribution in [0.1, 0.15) is 11.4 Å². The van der Waals surface area contributed by atoms with E-state index >= 15 is 0 Å². The van der Waals surface area contributed by atoms with E-state index in [0.29, 0.717) is 6.54 Å². The zero-order valence-corrected chi connectivity index (χ0v) is 12.7. The Labute approximate surface area is 134 Å². The Morgan fingerprint density at radius 3 is 2.74 bits per heavy atom. The smallest absolute Gasteiger partial charge is 0.244 e. The summed E-state index contributed by atoms with van der Waals surface area (Å²) < 4.78 is 5.09. The standard InChI is InChI=1S/C18H17N3O2/c1-23-14-9-6-13(7-10-14)8-11-18(22)19-12-17-20-15-4-2-3-5-16(15)21-17/h2-11H,12H2,1H3,(H,19,22)(H,20,21)/b11-8+. The normalized spacial score (nSPS) is 11.0. The van der Waals surface area contributed by atoms with Crippen molar-refractivity contribution in [3.63, 3.8) is 0 Å². The minimum absolute atomic E-state index is 0.165. The van der Waals surface area contributed by atoms with E-state index in [4.69, 9.17) is 4.74 Å². The fraction of sp³-hybridized carbons (Fsp3) is 0.111. The van der Waals surface area contributed by atoms with Crippen LogP contribution >= 0.6 is 0 Å². The number of carbonyl (C=O) groups excluding carboxylic acids is 1. The monoisotopic (exact) mass is 307 g/mol. The van der Waals surface area contributed by atoms with E-state index in [2.05, 4.69) is 15.3 Å². The lowest BCUT2D eigenvalue weighted by molar-refractivity contribution is -0.116. The topological polar surface area (TPSA) is 67.0 Å². The number of hydrogen-bond acceptors (Lipinski definition) is 3. The van der Waals surface area contributed by atoms with Crippen molar-refractivity contribution in [3.05, 3.63) is 66.0 Å². The van der Waals surface area contributed by atoms with E-state index in [-0.39, 0.29) is 5.91 Å². The van der Waals surface area contributed by atoms with E-state index in [0.717, 1.165) is 28.2 Å². The second-order valence-electron chi connectivity index (χ2n) is 5.02. The van der Waals surface area contributed by atoms with Crippen molar-refractivity contribution in [2.24, 2.45) is 0 Å². The van der Waals surface area contributed by atoms with Gasteiger partial charge in [0, 0.05) is 6.08 Å². The maximum Gasteiger partial charge on any atom is 0.244 e. The van der Waals surface area contributed by atoms with Crippen molar-refractivity contribution in [2.75, 3.05) is 7.11 Å². The number of amides is 1. The van der Waals surface area contributed by atoms with Gasteiger partial charge in [-0.05, 0) is 35.9 Å². The van der Waals surface area contributed by atoms with Gasteiger partial charge in [0.2, 0.25) is 5.91 Å². The van der Waals surface area contributed by atoms with Crippen LogP contribution in [-0.4, -0.2) is 23.0 Å². The molecule has 3 aromatic rings. The van der Waals surface area contributed by atoms with Crippen LogP contribution < -0.4 is 10.1 Å². The van der Waals surface area contributed by atoms with Gasteiger partial charge in [0.25, 0.3) is 0 Å². The minimum atomic E-state index is -0.165. The zero-order chi connectivity index (χ0) is 16.1. The minimum Gasteiger partial charge on any atom is -0.497 e. The van der Waals surface area contributed by atoms with Gasteiger partial charge in [0.15, 0.2) is 0 Å². The molecule has 1 heterocycles. The number of carbonyl (C=O) groups is 1. The Morgan fingerprint density at radius 2 is 2.00 bits per heavy atom. The van der Waals surface area contributed by atoms with E-state index in [1.807, 2.05) is 48.5 Å². The summed E-state index contributed by atoms with van der Waals surface area (Å²) in [7, 11) is 1.62. The number of benzene rings is 2. The average molecular weight is 307 g/mol. The van der Waals surface area contributed by atoms with E-state index < -0.39 is 0 Å². The highest BCUT2D eigenvalue weighted by Gasteiger charge is 2.03. The van der Waals surface area contributed by atoms with Gasteiger partial charge in [-0.3, -0.25) is 4.79 Å². The third-order valence-electron chi connectivity index (χ3n) is 3.41. The molecule has 5 heteroatoms. The molecule has 0 spiro atoms. The summed E-state index contributed by atoms with van der Waals surface area (Å²) in [5.41, 5.74) is 2.79. The van der Waals surface area contributed by atoms with Crippen LogP contribution in [0.3, 0.4) is 0 Å². The highest BCUT2D eigenvalue weighted by molar-refractivity contribution is 5.91. The number of H-pyrrole nitrogens is 1. The molecule has 1 amide bonds. The molecule has 0 saturated heterocycles. The molecular formula is C18H17N3O2. The molecule has 3 rings (SSSR count). The van der Waals surface area contributed by atoms with Gasteiger partial charge in [0.1, 0.15) is 11.6 Å². The maximum absolute atomic E-state index is 11.9. The van der Waals surface area contributed by atoms with Gasteiger partial charge in [-0.25, -0.2) is 4.98 Å². The number of rotatable bonds is 5. The molecule has 116 valence electrons. The third kappa shape index (κ3) is 3.77. The Balaban J connectivity index is 1.57. The molecule has 0 aliphatic heterocycles. The first-order chi connectivity index (χ1) is 11.2. The molecule has 0 atom stereocenters. The number of methoxy groups -OCH3 is 1. The highest BCUT2D eigenvalue weighted by atomic mass is 16.5. The van der Waals surface area contributed by atoms with Gasteiger partial charge >= 0.3 is 0 Å². The molecule has 0 aliphatic rings. The Kier molecular flexibility index (Phi) is 4.38. The largest absolute Gasteiger partial charge is 0.497 e. The van der Waals surface area contributed by atoms with Crippen LogP contribution in [0.2, 0.25) is 0 Å². The first-order valence-corrected chi connectivity index (χ1v) is 7.28. The number of para-hydroxylation sites is 2. The summed E-state index contributed by atoms with van der Waals surface area (Å²) >= 11 is 0. The number of aromatic nitrogens is 2. The van der Waals surface area contributed by atoms with Crippen molar-refractivity contribution in [1.29, 1.82) is 0 Å². The van der Waals surface area contributed by atoms with Crippen molar-refractivity contribution in [3.8, 4) is 5.75 Å². The van der Waals surface area contributed by atoms with Crippen molar-refractivity contribution >= 4 is 23.0 Å². The van der Waals surface area contributed by atoms with Gasteiger partial charge in [-0.2, -0.15) is 0 Å². The van der Waals surface area contributed by atoms with Gasteiger partial charge in [0.05, 0.1) is 24.7 Å². The SMILES string of the molecule is COc1ccc(/C=C/C(=O)NCc2nc3ccccc3[nH]2)cc1. The lowest BCUT2D eigenvalue weighted by atomic mass is 10.2. The second-order valence-corrected chi connectivity index (χ2v) is 5.02. The molecule has 2 aromatic carbocycles. The zero-order valence-electron chi connectivity index (χ0n) is 12.7. The average Bonchev–Trinajstić information content (AvgIpc) is 3.01. The van der Waals surface area contributed by atoms with E-state index in [1.54, 1.807) is 13.2 Å². The van der Waals surface area contributed by atoms with Crippen molar-refractivity contribution in [1.82, 2.24) is 15.3 Å². The van der Waals surface area contributed by atoms with Gasteiger partial charge in [-0.15, -0.1) is 0 Å². The molecule has 0 bridgehead atoms. The fourth-order valence-corrected chi connectivity index (χ4v) is 2.21. The molecule has 0 fully saturated rings. The molecule has 2 N–H and O–H groups in total. The number of nitrogens with one attached hydrogen (secondary N) is 2. The molecule has 0 aliphatic carbocycles. The van der Waals surface area contributed by atoms with Gasteiger partial charge < -0.3 is 15.0 Å². The summed E-state index contributed by atoms with van der Waals surface area (Å²) in [5, 5.41) is 2.81. The molecule has 23 heavy (non-hydrogen) atoms. The number of fused-ring (bicyclic) bond motifs is 1. The van der Waals surface area contributed by atoms with Crippen LogP contribution in [0.4, 0.5) is 0 Å². The van der Waals surface area contributed by atoms with Gasteiger partial charge in [-0.1, -0.05) is 24.3 Å². The summed E-state index contributed by atoms with van der Waals surface area (Å²) in [6, 6.07) is 15.3. The summed E-state index contributed by atoms with van der Waals surface area (Å²) in [5.74, 6) is 1.36. The van der Waals surface area contributed by atoms with Crippen LogP contribution in [0, 0.1) is 0 Å². The van der Waals surface area contributed by atoms with Crippen molar-refractivity contribution in [2.45, 2.75) is 6.54 Å². The number of hydrogen-bond donors (Lipinski definition) is 2. The number of nitrogens with zero attached hydrogens (tertiary/aromatic N) is 1. The van der Waals surface area contributed by atoms with Crippen LogP contribution in [0.5, 0.6) is 5.75 Å². The molecule has 1 aromatic heterocycles. The quantitative estimate of drug-likeness (QED) is 0.712. The Hall–Kier alpha value is -3.08. The molecule has 0 saturated carbocycles. The molecular weight excluding hydrogens is 290 g/mol.